The highest BCUT2D eigenvalue weighted by Crippen LogP contribution is 2.39. The number of aryl methyl sites for hydroxylation is 1. The number of benzene rings is 2. The van der Waals surface area contributed by atoms with E-state index in [1.165, 1.54) is 16.0 Å². The lowest BCUT2D eigenvalue weighted by molar-refractivity contribution is -0.114. The highest BCUT2D eigenvalue weighted by Gasteiger charge is 2.39. The summed E-state index contributed by atoms with van der Waals surface area (Å²) in [7, 11) is 0. The standard InChI is InChI=1S/C23H20N2O2S/c1-15-7-8-19-18(13-15)22(26)23(27)25(19)14-24-11-9-20-17(10-12-28-20)21(24)16-5-3-2-4-6-16/h2-8,10,12-13,21H,9,11,14H2,1H3/t21-/m1/s1. The molecule has 2 aliphatic heterocycles. The van der Waals surface area contributed by atoms with Crippen molar-refractivity contribution in [2.45, 2.75) is 19.4 Å². The van der Waals surface area contributed by atoms with Crippen LogP contribution in [0.15, 0.2) is 60.0 Å². The Kier molecular flexibility index (Phi) is 4.14. The number of anilines is 1. The Labute approximate surface area is 168 Å². The number of rotatable bonds is 3. The first-order valence-corrected chi connectivity index (χ1v) is 10.3. The molecule has 0 bridgehead atoms. The number of thiophene rings is 1. The first-order valence-electron chi connectivity index (χ1n) is 9.45. The van der Waals surface area contributed by atoms with Crippen LogP contribution in [0.5, 0.6) is 0 Å². The van der Waals surface area contributed by atoms with Crippen LogP contribution in [0.3, 0.4) is 0 Å². The summed E-state index contributed by atoms with van der Waals surface area (Å²) in [6.45, 7) is 3.20. The van der Waals surface area contributed by atoms with Crippen molar-refractivity contribution in [3.8, 4) is 0 Å². The molecule has 0 unspecified atom stereocenters. The van der Waals surface area contributed by atoms with Gasteiger partial charge in [-0.15, -0.1) is 11.3 Å². The summed E-state index contributed by atoms with van der Waals surface area (Å²) in [5, 5.41) is 2.15. The van der Waals surface area contributed by atoms with Crippen LogP contribution in [-0.2, 0) is 11.2 Å². The van der Waals surface area contributed by atoms with Crippen molar-refractivity contribution < 1.29 is 9.59 Å². The molecular formula is C23H20N2O2S. The van der Waals surface area contributed by atoms with E-state index in [1.807, 2.05) is 31.2 Å². The summed E-state index contributed by atoms with van der Waals surface area (Å²) < 4.78 is 0. The maximum absolute atomic E-state index is 12.7. The SMILES string of the molecule is Cc1ccc2c(c1)C(=O)C(=O)N2CN1CCc2sccc2[C@H]1c1ccccc1. The molecule has 140 valence electrons. The molecule has 0 radical (unpaired) electrons. The highest BCUT2D eigenvalue weighted by molar-refractivity contribution is 7.10. The van der Waals surface area contributed by atoms with Gasteiger partial charge in [-0.3, -0.25) is 19.4 Å². The molecule has 5 heteroatoms. The van der Waals surface area contributed by atoms with Crippen LogP contribution < -0.4 is 4.90 Å². The Balaban J connectivity index is 1.53. The van der Waals surface area contributed by atoms with E-state index >= 15 is 0 Å². The molecule has 0 saturated carbocycles. The minimum atomic E-state index is -0.427. The average Bonchev–Trinajstić information content (AvgIpc) is 3.28. The molecule has 2 aromatic carbocycles. The fourth-order valence-electron chi connectivity index (χ4n) is 4.28. The van der Waals surface area contributed by atoms with Gasteiger partial charge in [0.1, 0.15) is 0 Å². The zero-order chi connectivity index (χ0) is 19.3. The lowest BCUT2D eigenvalue weighted by atomic mass is 9.93. The largest absolute Gasteiger partial charge is 0.300 e. The first kappa shape index (κ1) is 17.3. The summed E-state index contributed by atoms with van der Waals surface area (Å²) in [5.74, 6) is -0.827. The number of fused-ring (bicyclic) bond motifs is 2. The molecule has 1 atom stereocenters. The van der Waals surface area contributed by atoms with Crippen LogP contribution in [0.1, 0.15) is 38.0 Å². The van der Waals surface area contributed by atoms with Gasteiger partial charge in [-0.1, -0.05) is 42.0 Å². The number of hydrogen-bond acceptors (Lipinski definition) is 4. The second kappa shape index (κ2) is 6.69. The van der Waals surface area contributed by atoms with E-state index < -0.39 is 11.7 Å². The molecule has 0 spiro atoms. The summed E-state index contributed by atoms with van der Waals surface area (Å²) in [4.78, 5) is 30.6. The summed E-state index contributed by atoms with van der Waals surface area (Å²) in [6, 6.07) is 18.4. The lowest BCUT2D eigenvalue weighted by Crippen LogP contribution is -2.45. The monoisotopic (exact) mass is 388 g/mol. The second-order valence-electron chi connectivity index (χ2n) is 7.40. The summed E-state index contributed by atoms with van der Waals surface area (Å²) in [5.41, 5.74) is 4.76. The number of carbonyl (C=O) groups is 2. The van der Waals surface area contributed by atoms with Crippen molar-refractivity contribution in [3.63, 3.8) is 0 Å². The topological polar surface area (TPSA) is 40.6 Å². The van der Waals surface area contributed by atoms with Crippen LogP contribution in [0.4, 0.5) is 5.69 Å². The van der Waals surface area contributed by atoms with E-state index in [4.69, 9.17) is 0 Å². The molecule has 4 nitrogen and oxygen atoms in total. The van der Waals surface area contributed by atoms with Gasteiger partial charge in [0, 0.05) is 11.4 Å². The molecular weight excluding hydrogens is 368 g/mol. The Bertz CT molecular complexity index is 1070. The molecule has 1 aromatic heterocycles. The van der Waals surface area contributed by atoms with Crippen molar-refractivity contribution in [2.75, 3.05) is 18.1 Å². The molecule has 0 saturated heterocycles. The van der Waals surface area contributed by atoms with Crippen molar-refractivity contribution in [1.82, 2.24) is 4.90 Å². The van der Waals surface area contributed by atoms with Gasteiger partial charge in [0.2, 0.25) is 0 Å². The minimum Gasteiger partial charge on any atom is -0.291 e. The van der Waals surface area contributed by atoms with Crippen LogP contribution in [0.25, 0.3) is 0 Å². The van der Waals surface area contributed by atoms with Crippen molar-refractivity contribution in [3.05, 3.63) is 87.1 Å². The zero-order valence-corrected chi connectivity index (χ0v) is 16.4. The van der Waals surface area contributed by atoms with Crippen molar-refractivity contribution in [2.24, 2.45) is 0 Å². The van der Waals surface area contributed by atoms with Crippen LogP contribution in [0.2, 0.25) is 0 Å². The van der Waals surface area contributed by atoms with E-state index in [0.29, 0.717) is 12.2 Å². The van der Waals surface area contributed by atoms with E-state index in [9.17, 15) is 9.59 Å². The van der Waals surface area contributed by atoms with Gasteiger partial charge in [0.05, 0.1) is 24.0 Å². The van der Waals surface area contributed by atoms with Crippen molar-refractivity contribution >= 4 is 28.7 Å². The summed E-state index contributed by atoms with van der Waals surface area (Å²) >= 11 is 1.80. The molecule has 3 heterocycles. The fourth-order valence-corrected chi connectivity index (χ4v) is 5.19. The van der Waals surface area contributed by atoms with Gasteiger partial charge >= 0.3 is 5.91 Å². The van der Waals surface area contributed by atoms with Crippen LogP contribution in [-0.4, -0.2) is 29.8 Å². The van der Waals surface area contributed by atoms with E-state index in [1.54, 1.807) is 16.2 Å². The van der Waals surface area contributed by atoms with Crippen LogP contribution in [0, 0.1) is 6.92 Å². The van der Waals surface area contributed by atoms with Gasteiger partial charge in [-0.25, -0.2) is 0 Å². The van der Waals surface area contributed by atoms with Crippen molar-refractivity contribution in [1.29, 1.82) is 0 Å². The third-order valence-corrected chi connectivity index (χ3v) is 6.63. The Morgan fingerprint density at radius 2 is 1.89 bits per heavy atom. The maximum atomic E-state index is 12.7. The predicted octanol–water partition coefficient (Wildman–Crippen LogP) is 4.19. The number of carbonyl (C=O) groups excluding carboxylic acids is 2. The predicted molar refractivity (Wildman–Crippen MR) is 111 cm³/mol. The number of nitrogens with zero attached hydrogens (tertiary/aromatic N) is 2. The van der Waals surface area contributed by atoms with E-state index in [0.717, 1.165) is 24.2 Å². The van der Waals surface area contributed by atoms with E-state index in [-0.39, 0.29) is 6.04 Å². The molecule has 1 amide bonds. The molecule has 0 fully saturated rings. The second-order valence-corrected chi connectivity index (χ2v) is 8.40. The molecule has 2 aliphatic rings. The van der Waals surface area contributed by atoms with Crippen LogP contribution >= 0.6 is 11.3 Å². The summed E-state index contributed by atoms with van der Waals surface area (Å²) in [6.07, 6.45) is 0.965. The quantitative estimate of drug-likeness (QED) is 0.632. The number of ketones is 1. The Morgan fingerprint density at radius 3 is 2.71 bits per heavy atom. The number of Topliss-reactive ketones (excluding diaryl/α,β-unsaturated/α-hetero) is 1. The maximum Gasteiger partial charge on any atom is 0.300 e. The molecule has 0 aliphatic carbocycles. The minimum absolute atomic E-state index is 0.0913. The molecule has 5 rings (SSSR count). The van der Waals surface area contributed by atoms with Gasteiger partial charge in [0.15, 0.2) is 0 Å². The third-order valence-electron chi connectivity index (χ3n) is 5.63. The Morgan fingerprint density at radius 1 is 1.07 bits per heavy atom. The fraction of sp³-hybridized carbons (Fsp3) is 0.217. The molecule has 0 N–H and O–H groups in total. The normalized spacial score (nSPS) is 19.0. The zero-order valence-electron chi connectivity index (χ0n) is 15.6. The van der Waals surface area contributed by atoms with Gasteiger partial charge in [-0.2, -0.15) is 0 Å². The molecule has 3 aromatic rings. The number of amides is 1. The third kappa shape index (κ3) is 2.70. The number of hydrogen-bond donors (Lipinski definition) is 0. The van der Waals surface area contributed by atoms with Gasteiger partial charge in [0.25, 0.3) is 5.78 Å². The van der Waals surface area contributed by atoms with Gasteiger partial charge in [-0.05, 0) is 48.1 Å². The molecule has 28 heavy (non-hydrogen) atoms. The first-order chi connectivity index (χ1) is 13.6. The average molecular weight is 388 g/mol. The Hall–Kier alpha value is -2.76. The lowest BCUT2D eigenvalue weighted by Gasteiger charge is -2.38. The smallest absolute Gasteiger partial charge is 0.291 e. The highest BCUT2D eigenvalue weighted by atomic mass is 32.1. The van der Waals surface area contributed by atoms with E-state index in [2.05, 4.69) is 40.6 Å². The van der Waals surface area contributed by atoms with Gasteiger partial charge < -0.3 is 0 Å².